The van der Waals surface area contributed by atoms with Crippen molar-refractivity contribution in [1.82, 2.24) is 5.32 Å². The highest BCUT2D eigenvalue weighted by Crippen LogP contribution is 2.47. The van der Waals surface area contributed by atoms with Gasteiger partial charge in [0.15, 0.2) is 0 Å². The molecule has 1 saturated carbocycles. The number of carboxylic acids is 1. The van der Waals surface area contributed by atoms with Crippen LogP contribution in [0.5, 0.6) is 0 Å². The highest BCUT2D eigenvalue weighted by atomic mass is 35.5. The summed E-state index contributed by atoms with van der Waals surface area (Å²) in [4.78, 5) is 33.4. The van der Waals surface area contributed by atoms with Crippen LogP contribution in [0.15, 0.2) is 103 Å². The molecule has 7 heteroatoms. The number of carboxylic acid groups (broad SMARTS) is 1. The molecule has 2 fully saturated rings. The summed E-state index contributed by atoms with van der Waals surface area (Å²) in [5, 5.41) is 12.2. The van der Waals surface area contributed by atoms with E-state index in [1.54, 1.807) is 0 Å². The molecule has 53 heavy (non-hydrogen) atoms. The number of rotatable bonds is 1. The number of carbonyl (C=O) groups excluding carboxylic acids is 2. The zero-order valence-electron chi connectivity index (χ0n) is 30.4. The quantitative estimate of drug-likeness (QED) is 0.150. The van der Waals surface area contributed by atoms with Crippen molar-refractivity contribution < 1.29 is 19.5 Å². The fraction of sp³-hybridized carbons (Fsp3) is 0.370. The topological polar surface area (TPSA) is 83.5 Å². The fourth-order valence-corrected chi connectivity index (χ4v) is 8.78. The monoisotopic (exact) mass is 749 g/mol. The van der Waals surface area contributed by atoms with Crippen molar-refractivity contribution in [2.45, 2.75) is 82.6 Å². The highest BCUT2D eigenvalue weighted by molar-refractivity contribution is 6.40. The van der Waals surface area contributed by atoms with Gasteiger partial charge in [0.1, 0.15) is 5.78 Å². The first kappa shape index (κ1) is 38.5. The molecule has 0 bridgehead atoms. The second kappa shape index (κ2) is 18.2. The van der Waals surface area contributed by atoms with Crippen molar-refractivity contribution in [3.63, 3.8) is 0 Å². The van der Waals surface area contributed by atoms with E-state index in [0.717, 1.165) is 44.9 Å². The third kappa shape index (κ3) is 8.96. The van der Waals surface area contributed by atoms with E-state index in [2.05, 4.69) is 96.3 Å². The van der Waals surface area contributed by atoms with E-state index in [1.807, 2.05) is 25.1 Å². The smallest absolute Gasteiger partial charge is 0.307 e. The Morgan fingerprint density at radius 1 is 0.679 bits per heavy atom. The maximum Gasteiger partial charge on any atom is 0.307 e. The zero-order chi connectivity index (χ0) is 37.3. The average molecular weight is 751 g/mol. The molecule has 4 aromatic carbocycles. The molecule has 276 valence electrons. The molecule has 5 aliphatic carbocycles. The van der Waals surface area contributed by atoms with Crippen LogP contribution in [0.3, 0.4) is 0 Å². The van der Waals surface area contributed by atoms with E-state index in [-0.39, 0.29) is 29.0 Å². The van der Waals surface area contributed by atoms with Crippen molar-refractivity contribution in [2.24, 2.45) is 17.8 Å². The van der Waals surface area contributed by atoms with Gasteiger partial charge in [-0.15, -0.1) is 23.2 Å². The summed E-state index contributed by atoms with van der Waals surface area (Å²) in [6.07, 6.45) is 13.6. The Balaban J connectivity index is 0.000000119. The molecule has 1 amide bonds. The molecular formula is C46H49Cl2NO4. The van der Waals surface area contributed by atoms with Crippen LogP contribution in [0, 0.1) is 17.8 Å². The lowest BCUT2D eigenvalue weighted by Crippen LogP contribution is -2.53. The molecule has 6 unspecified atom stereocenters. The molecule has 0 radical (unpaired) electrons. The summed E-state index contributed by atoms with van der Waals surface area (Å²) in [5.74, 6) is 1.20. The van der Waals surface area contributed by atoms with Gasteiger partial charge in [-0.1, -0.05) is 116 Å². The first-order valence-electron chi connectivity index (χ1n) is 19.0. The predicted molar refractivity (Wildman–Crippen MR) is 214 cm³/mol. The number of amides is 1. The molecule has 5 nitrogen and oxygen atoms in total. The normalized spacial score (nSPS) is 24.6. The number of Topliss-reactive ketones (excluding diaryl/α,β-unsaturated/α-hetero) is 1. The maximum atomic E-state index is 11.3. The van der Waals surface area contributed by atoms with Crippen molar-refractivity contribution in [1.29, 1.82) is 0 Å². The largest absolute Gasteiger partial charge is 0.481 e. The Morgan fingerprint density at radius 2 is 1.21 bits per heavy atom. The van der Waals surface area contributed by atoms with Crippen LogP contribution in [0.25, 0.3) is 6.08 Å². The second-order valence-corrected chi connectivity index (χ2v) is 15.5. The van der Waals surface area contributed by atoms with E-state index < -0.39 is 5.97 Å². The SMILES string of the molecule is C1=Cc2ccccc2CC1.CC1c2ccccc2CCC1C(=O)O.ClCCl.O=C1CC2c3ccccc3CCC12.O=C1NC2c3ccccc3CCC12. The number of halogens is 2. The molecule has 4 aromatic rings. The lowest BCUT2D eigenvalue weighted by molar-refractivity contribution is -0.143. The van der Waals surface area contributed by atoms with Gasteiger partial charge >= 0.3 is 5.97 Å². The molecule has 0 aromatic heterocycles. The number of carbonyl (C=O) groups is 3. The third-order valence-electron chi connectivity index (χ3n) is 11.8. The molecule has 10 rings (SSSR count). The summed E-state index contributed by atoms with van der Waals surface area (Å²) >= 11 is 9.53. The van der Waals surface area contributed by atoms with Crippen molar-refractivity contribution in [2.75, 3.05) is 5.34 Å². The van der Waals surface area contributed by atoms with E-state index >= 15 is 0 Å². The summed E-state index contributed by atoms with van der Waals surface area (Å²) < 4.78 is 0. The average Bonchev–Trinajstić information content (AvgIpc) is 3.18. The number of nitrogens with one attached hydrogen (secondary N) is 1. The number of ketones is 1. The van der Waals surface area contributed by atoms with Crippen LogP contribution >= 0.6 is 23.2 Å². The second-order valence-electron chi connectivity index (χ2n) is 14.7. The lowest BCUT2D eigenvalue weighted by Gasteiger charge is -2.41. The fourth-order valence-electron chi connectivity index (χ4n) is 8.78. The number of aryl methyl sites for hydroxylation is 4. The number of alkyl halides is 2. The standard InChI is InChI=1S/C12H14O2.C12H12O.C11H11NO.C10H10.CH2Cl2/c1-8-10-5-3-2-4-9(10)6-7-11(8)12(13)14;13-12-7-11-9-4-2-1-3-8(9)5-6-10(11)12;13-11-9-6-5-7-3-1-2-4-8(7)10(9)12-11;1-2-6-10-8-4-3-7-9(10)5-1;2-1-3/h2-5,8,11H,6-7H2,1H3,(H,13,14);1-4,10-11H,5-7H2;1-4,9-10H,5-6H2,(H,12,13);1-3,5-7H,4,8H2;1H2. The van der Waals surface area contributed by atoms with Crippen LogP contribution in [-0.2, 0) is 40.1 Å². The van der Waals surface area contributed by atoms with E-state index in [0.29, 0.717) is 23.7 Å². The van der Waals surface area contributed by atoms with E-state index in [9.17, 15) is 14.4 Å². The zero-order valence-corrected chi connectivity index (χ0v) is 31.9. The number of aliphatic carboxylic acids is 1. The number of benzene rings is 4. The van der Waals surface area contributed by atoms with Crippen LogP contribution in [0.4, 0.5) is 0 Å². The molecule has 0 spiro atoms. The van der Waals surface area contributed by atoms with E-state index in [4.69, 9.17) is 28.3 Å². The van der Waals surface area contributed by atoms with E-state index in [1.165, 1.54) is 57.3 Å². The van der Waals surface area contributed by atoms with Gasteiger partial charge in [-0.25, -0.2) is 0 Å². The van der Waals surface area contributed by atoms with Crippen molar-refractivity contribution in [3.05, 3.63) is 148 Å². The van der Waals surface area contributed by atoms with Crippen LogP contribution in [0.1, 0.15) is 101 Å². The first-order chi connectivity index (χ1) is 25.8. The van der Waals surface area contributed by atoms with Crippen LogP contribution < -0.4 is 5.32 Å². The Labute approximate surface area is 323 Å². The number of hydrogen-bond donors (Lipinski definition) is 2. The lowest BCUT2D eigenvalue weighted by atomic mass is 9.62. The van der Waals surface area contributed by atoms with Gasteiger partial charge in [0.25, 0.3) is 0 Å². The summed E-state index contributed by atoms with van der Waals surface area (Å²) in [7, 11) is 0. The number of allylic oxidation sites excluding steroid dienone is 1. The molecular weight excluding hydrogens is 701 g/mol. The molecule has 2 N–H and O–H groups in total. The minimum absolute atomic E-state index is 0.150. The van der Waals surface area contributed by atoms with Crippen LogP contribution in [0.2, 0.25) is 0 Å². The molecule has 6 atom stereocenters. The van der Waals surface area contributed by atoms with Gasteiger partial charge in [0.2, 0.25) is 5.91 Å². The van der Waals surface area contributed by atoms with Gasteiger partial charge < -0.3 is 10.4 Å². The Kier molecular flexibility index (Phi) is 13.3. The third-order valence-corrected chi connectivity index (χ3v) is 11.8. The summed E-state index contributed by atoms with van der Waals surface area (Å²) in [6, 6.07) is 34.0. The van der Waals surface area contributed by atoms with Gasteiger partial charge in [0, 0.05) is 18.3 Å². The minimum atomic E-state index is -0.660. The minimum Gasteiger partial charge on any atom is -0.481 e. The molecule has 1 aliphatic heterocycles. The number of fused-ring (bicyclic) bond motifs is 8. The number of hydrogen-bond acceptors (Lipinski definition) is 3. The summed E-state index contributed by atoms with van der Waals surface area (Å²) in [5.41, 5.74) is 11.1. The van der Waals surface area contributed by atoms with Crippen molar-refractivity contribution in [3.8, 4) is 0 Å². The Bertz CT molecular complexity index is 1860. The molecule has 1 heterocycles. The first-order valence-corrected chi connectivity index (χ1v) is 20.0. The van der Waals surface area contributed by atoms with Crippen molar-refractivity contribution >= 4 is 46.9 Å². The number of β-lactam (4-membered cyclic amide) rings is 1. The summed E-state index contributed by atoms with van der Waals surface area (Å²) in [6.45, 7) is 2.01. The Morgan fingerprint density at radius 3 is 1.83 bits per heavy atom. The maximum absolute atomic E-state index is 11.3. The molecule has 1 saturated heterocycles. The van der Waals surface area contributed by atoms with Gasteiger partial charge in [-0.2, -0.15) is 0 Å². The highest BCUT2D eigenvalue weighted by Gasteiger charge is 2.44. The van der Waals surface area contributed by atoms with Crippen LogP contribution in [-0.4, -0.2) is 28.1 Å². The molecule has 6 aliphatic rings. The van der Waals surface area contributed by atoms with Gasteiger partial charge in [-0.05, 0) is 102 Å². The van der Waals surface area contributed by atoms with Gasteiger partial charge in [-0.3, -0.25) is 14.4 Å². The Hall–Kier alpha value is -4.19. The van der Waals surface area contributed by atoms with Gasteiger partial charge in [0.05, 0.1) is 23.2 Å². The predicted octanol–water partition coefficient (Wildman–Crippen LogP) is 10.2.